The molecule has 2 rings (SSSR count). The van der Waals surface area contributed by atoms with Crippen LogP contribution in [0.3, 0.4) is 0 Å². The quantitative estimate of drug-likeness (QED) is 0.590. The third kappa shape index (κ3) is 5.37. The van der Waals surface area contributed by atoms with E-state index in [1.807, 2.05) is 11.8 Å². The normalized spacial score (nSPS) is 10.7. The van der Waals surface area contributed by atoms with Gasteiger partial charge in [-0.05, 0) is 23.3 Å². The standard InChI is InChI=1S/C17H21NOS/c1-19-11-10-18-13-16-8-5-9-17(12-16)20-14-15-6-3-2-4-7-15/h2-9,12,18H,10-11,13-14H2,1H3. The van der Waals surface area contributed by atoms with Crippen LogP contribution in [0.4, 0.5) is 0 Å². The summed E-state index contributed by atoms with van der Waals surface area (Å²) in [7, 11) is 1.72. The van der Waals surface area contributed by atoms with Gasteiger partial charge in [0, 0.05) is 30.8 Å². The maximum atomic E-state index is 5.02. The van der Waals surface area contributed by atoms with Crippen molar-refractivity contribution in [3.63, 3.8) is 0 Å². The van der Waals surface area contributed by atoms with Crippen LogP contribution >= 0.6 is 11.8 Å². The predicted molar refractivity (Wildman–Crippen MR) is 86.0 cm³/mol. The predicted octanol–water partition coefficient (Wildman–Crippen LogP) is 3.71. The fourth-order valence-corrected chi connectivity index (χ4v) is 2.83. The van der Waals surface area contributed by atoms with E-state index < -0.39 is 0 Å². The van der Waals surface area contributed by atoms with Crippen LogP contribution in [0.5, 0.6) is 0 Å². The summed E-state index contributed by atoms with van der Waals surface area (Å²) in [5.41, 5.74) is 2.68. The molecule has 0 fully saturated rings. The minimum absolute atomic E-state index is 0.752. The average molecular weight is 287 g/mol. The Labute approximate surface area is 125 Å². The highest BCUT2D eigenvalue weighted by Gasteiger charge is 1.98. The second-order valence-corrected chi connectivity index (χ2v) is 5.64. The minimum Gasteiger partial charge on any atom is -0.383 e. The number of hydrogen-bond acceptors (Lipinski definition) is 3. The number of benzene rings is 2. The molecule has 0 aliphatic heterocycles. The Morgan fingerprint density at radius 1 is 1.00 bits per heavy atom. The number of methoxy groups -OCH3 is 1. The smallest absolute Gasteiger partial charge is 0.0587 e. The van der Waals surface area contributed by atoms with Gasteiger partial charge in [0.2, 0.25) is 0 Å². The van der Waals surface area contributed by atoms with Crippen LogP contribution in [0.15, 0.2) is 59.5 Å². The van der Waals surface area contributed by atoms with E-state index in [2.05, 4.69) is 59.9 Å². The fraction of sp³-hybridized carbons (Fsp3) is 0.294. The molecule has 0 saturated carbocycles. The molecule has 2 nitrogen and oxygen atoms in total. The van der Waals surface area contributed by atoms with Crippen molar-refractivity contribution < 1.29 is 4.74 Å². The van der Waals surface area contributed by atoms with E-state index in [1.165, 1.54) is 16.0 Å². The van der Waals surface area contributed by atoms with E-state index in [1.54, 1.807) is 7.11 Å². The highest BCUT2D eigenvalue weighted by Crippen LogP contribution is 2.23. The summed E-state index contributed by atoms with van der Waals surface area (Å²) in [6.45, 7) is 2.53. The molecule has 1 N–H and O–H groups in total. The zero-order chi connectivity index (χ0) is 14.0. The molecule has 0 heterocycles. The lowest BCUT2D eigenvalue weighted by atomic mass is 10.2. The Morgan fingerprint density at radius 2 is 1.80 bits per heavy atom. The lowest BCUT2D eigenvalue weighted by Crippen LogP contribution is -2.18. The fourth-order valence-electron chi connectivity index (χ4n) is 1.89. The topological polar surface area (TPSA) is 21.3 Å². The third-order valence-electron chi connectivity index (χ3n) is 2.96. The Morgan fingerprint density at radius 3 is 2.60 bits per heavy atom. The zero-order valence-corrected chi connectivity index (χ0v) is 12.7. The Hall–Kier alpha value is -1.29. The highest BCUT2D eigenvalue weighted by molar-refractivity contribution is 7.98. The van der Waals surface area contributed by atoms with Gasteiger partial charge < -0.3 is 10.1 Å². The van der Waals surface area contributed by atoms with Crippen LogP contribution in [0.2, 0.25) is 0 Å². The van der Waals surface area contributed by atoms with Crippen molar-refractivity contribution in [1.82, 2.24) is 5.32 Å². The van der Waals surface area contributed by atoms with E-state index >= 15 is 0 Å². The molecule has 0 bridgehead atoms. The first-order valence-corrected chi connectivity index (χ1v) is 7.82. The molecule has 0 amide bonds. The Bertz CT molecular complexity index is 501. The zero-order valence-electron chi connectivity index (χ0n) is 11.8. The molecule has 0 aliphatic carbocycles. The first-order valence-electron chi connectivity index (χ1n) is 6.84. The van der Waals surface area contributed by atoms with Gasteiger partial charge in [-0.1, -0.05) is 42.5 Å². The van der Waals surface area contributed by atoms with Gasteiger partial charge in [0.05, 0.1) is 6.61 Å². The molecular weight excluding hydrogens is 266 g/mol. The number of hydrogen-bond donors (Lipinski definition) is 1. The maximum Gasteiger partial charge on any atom is 0.0587 e. The van der Waals surface area contributed by atoms with Crippen molar-refractivity contribution >= 4 is 11.8 Å². The summed E-state index contributed by atoms with van der Waals surface area (Å²) in [5, 5.41) is 3.37. The number of ether oxygens (including phenoxy) is 1. The molecule has 0 spiro atoms. The van der Waals surface area contributed by atoms with E-state index in [9.17, 15) is 0 Å². The molecule has 20 heavy (non-hydrogen) atoms. The lowest BCUT2D eigenvalue weighted by molar-refractivity contribution is 0.199. The number of nitrogens with one attached hydrogen (secondary N) is 1. The van der Waals surface area contributed by atoms with Gasteiger partial charge in [-0.25, -0.2) is 0 Å². The van der Waals surface area contributed by atoms with Crippen LogP contribution in [0, 0.1) is 0 Å². The second kappa shape index (κ2) is 8.80. The minimum atomic E-state index is 0.752. The SMILES string of the molecule is COCCNCc1cccc(SCc2ccccc2)c1. The molecule has 0 unspecified atom stereocenters. The van der Waals surface area contributed by atoms with Gasteiger partial charge in [0.15, 0.2) is 0 Å². The number of thioether (sulfide) groups is 1. The molecule has 0 aliphatic rings. The number of rotatable bonds is 8. The van der Waals surface area contributed by atoms with Crippen LogP contribution in [-0.2, 0) is 17.0 Å². The summed E-state index contributed by atoms with van der Waals surface area (Å²) in [4.78, 5) is 1.32. The summed E-state index contributed by atoms with van der Waals surface area (Å²) in [6, 6.07) is 19.3. The van der Waals surface area contributed by atoms with Crippen molar-refractivity contribution in [2.24, 2.45) is 0 Å². The lowest BCUT2D eigenvalue weighted by Gasteiger charge is -2.07. The summed E-state index contributed by atoms with van der Waals surface area (Å²) < 4.78 is 5.02. The summed E-state index contributed by atoms with van der Waals surface area (Å²) in [5.74, 6) is 1.02. The van der Waals surface area contributed by atoms with Crippen molar-refractivity contribution in [2.45, 2.75) is 17.2 Å². The van der Waals surface area contributed by atoms with Gasteiger partial charge in [0.1, 0.15) is 0 Å². The van der Waals surface area contributed by atoms with Crippen LogP contribution in [0.1, 0.15) is 11.1 Å². The van der Waals surface area contributed by atoms with Gasteiger partial charge in [-0.15, -0.1) is 11.8 Å². The Kier molecular flexibility index (Phi) is 6.64. The van der Waals surface area contributed by atoms with Crippen molar-refractivity contribution in [2.75, 3.05) is 20.3 Å². The molecular formula is C17H21NOS. The van der Waals surface area contributed by atoms with Crippen molar-refractivity contribution in [1.29, 1.82) is 0 Å². The molecule has 0 atom stereocenters. The molecule has 3 heteroatoms. The van der Waals surface area contributed by atoms with Gasteiger partial charge in [-0.2, -0.15) is 0 Å². The average Bonchev–Trinajstić information content (AvgIpc) is 2.51. The largest absolute Gasteiger partial charge is 0.383 e. The first kappa shape index (κ1) is 15.1. The van der Waals surface area contributed by atoms with E-state index in [4.69, 9.17) is 4.74 Å². The highest BCUT2D eigenvalue weighted by atomic mass is 32.2. The van der Waals surface area contributed by atoms with Crippen LogP contribution in [0.25, 0.3) is 0 Å². The Balaban J connectivity index is 1.83. The molecule has 0 aromatic heterocycles. The second-order valence-electron chi connectivity index (χ2n) is 4.59. The molecule has 0 radical (unpaired) electrons. The van der Waals surface area contributed by atoms with E-state index in [-0.39, 0.29) is 0 Å². The molecule has 106 valence electrons. The summed E-state index contributed by atoms with van der Waals surface area (Å²) >= 11 is 1.88. The monoisotopic (exact) mass is 287 g/mol. The summed E-state index contributed by atoms with van der Waals surface area (Å²) in [6.07, 6.45) is 0. The maximum absolute atomic E-state index is 5.02. The van der Waals surface area contributed by atoms with E-state index in [0.717, 1.165) is 25.4 Å². The molecule has 2 aromatic rings. The first-order chi connectivity index (χ1) is 9.88. The van der Waals surface area contributed by atoms with Crippen molar-refractivity contribution in [3.05, 3.63) is 65.7 Å². The molecule has 2 aromatic carbocycles. The van der Waals surface area contributed by atoms with Crippen LogP contribution in [-0.4, -0.2) is 20.3 Å². The third-order valence-corrected chi connectivity index (χ3v) is 4.02. The van der Waals surface area contributed by atoms with Gasteiger partial charge in [0.25, 0.3) is 0 Å². The molecule has 0 saturated heterocycles. The van der Waals surface area contributed by atoms with Gasteiger partial charge >= 0.3 is 0 Å². The van der Waals surface area contributed by atoms with Gasteiger partial charge in [-0.3, -0.25) is 0 Å². The van der Waals surface area contributed by atoms with Crippen molar-refractivity contribution in [3.8, 4) is 0 Å². The van der Waals surface area contributed by atoms with E-state index in [0.29, 0.717) is 0 Å². The van der Waals surface area contributed by atoms with Crippen LogP contribution < -0.4 is 5.32 Å².